The number of aryl methyl sites for hydroxylation is 1. The van der Waals surface area contributed by atoms with Crippen LogP contribution in [0.2, 0.25) is 0 Å². The number of benzene rings is 1. The number of hydrogen-bond acceptors (Lipinski definition) is 4. The van der Waals surface area contributed by atoms with Crippen LogP contribution in [0.3, 0.4) is 0 Å². The molecular formula is C14H18N2O2S2. The van der Waals surface area contributed by atoms with E-state index in [9.17, 15) is 8.42 Å². The van der Waals surface area contributed by atoms with Gasteiger partial charge in [-0.2, -0.15) is 0 Å². The lowest BCUT2D eigenvalue weighted by molar-refractivity contribution is 0.473. The Labute approximate surface area is 123 Å². The molecule has 0 radical (unpaired) electrons. The Morgan fingerprint density at radius 2 is 2.05 bits per heavy atom. The van der Waals surface area contributed by atoms with E-state index in [-0.39, 0.29) is 4.90 Å². The molecule has 0 aliphatic carbocycles. The highest BCUT2D eigenvalue weighted by atomic mass is 32.2. The van der Waals surface area contributed by atoms with Crippen molar-refractivity contribution in [2.75, 3.05) is 19.3 Å². The second-order valence-electron chi connectivity index (χ2n) is 4.67. The number of nitrogen functional groups attached to an aromatic ring is 1. The average Bonchev–Trinajstić information content (AvgIpc) is 2.92. The minimum atomic E-state index is -3.45. The first-order chi connectivity index (χ1) is 9.41. The van der Waals surface area contributed by atoms with Crippen molar-refractivity contribution in [3.8, 4) is 0 Å². The van der Waals surface area contributed by atoms with Crippen molar-refractivity contribution in [2.45, 2.75) is 18.2 Å². The number of sulfonamides is 1. The van der Waals surface area contributed by atoms with Gasteiger partial charge in [0.25, 0.3) is 0 Å². The molecule has 0 fully saturated rings. The third-order valence-electron chi connectivity index (χ3n) is 3.20. The van der Waals surface area contributed by atoms with Crippen LogP contribution in [0.15, 0.2) is 40.6 Å². The summed E-state index contributed by atoms with van der Waals surface area (Å²) >= 11 is 1.64. The second kappa shape index (κ2) is 5.95. The monoisotopic (exact) mass is 310 g/mol. The molecule has 0 saturated heterocycles. The van der Waals surface area contributed by atoms with E-state index in [2.05, 4.69) is 0 Å². The molecule has 0 atom stereocenters. The first kappa shape index (κ1) is 15.0. The third-order valence-corrected chi connectivity index (χ3v) is 5.99. The van der Waals surface area contributed by atoms with Gasteiger partial charge in [-0.1, -0.05) is 6.07 Å². The highest BCUT2D eigenvalue weighted by molar-refractivity contribution is 7.89. The number of anilines is 1. The average molecular weight is 310 g/mol. The zero-order chi connectivity index (χ0) is 14.8. The number of nitrogens with two attached hydrogens (primary N) is 1. The minimum Gasteiger partial charge on any atom is -0.399 e. The van der Waals surface area contributed by atoms with E-state index >= 15 is 0 Å². The quantitative estimate of drug-likeness (QED) is 0.863. The summed E-state index contributed by atoms with van der Waals surface area (Å²) in [7, 11) is -1.84. The summed E-state index contributed by atoms with van der Waals surface area (Å²) in [4.78, 5) is 1.47. The molecule has 4 nitrogen and oxygen atoms in total. The van der Waals surface area contributed by atoms with Gasteiger partial charge in [0.2, 0.25) is 10.0 Å². The summed E-state index contributed by atoms with van der Waals surface area (Å²) in [6.07, 6.45) is 0.724. The smallest absolute Gasteiger partial charge is 0.242 e. The van der Waals surface area contributed by atoms with Gasteiger partial charge in [-0.05, 0) is 48.6 Å². The molecule has 0 bridgehead atoms. The van der Waals surface area contributed by atoms with E-state index in [1.54, 1.807) is 43.5 Å². The van der Waals surface area contributed by atoms with Crippen molar-refractivity contribution in [2.24, 2.45) is 0 Å². The van der Waals surface area contributed by atoms with Gasteiger partial charge >= 0.3 is 0 Å². The number of thiophene rings is 1. The zero-order valence-electron chi connectivity index (χ0n) is 11.5. The van der Waals surface area contributed by atoms with Gasteiger partial charge < -0.3 is 5.73 Å². The molecule has 6 heteroatoms. The van der Waals surface area contributed by atoms with Crippen LogP contribution in [-0.4, -0.2) is 26.3 Å². The van der Waals surface area contributed by atoms with Crippen LogP contribution in [0.4, 0.5) is 5.69 Å². The molecule has 108 valence electrons. The second-order valence-corrected chi connectivity index (χ2v) is 7.75. The predicted molar refractivity (Wildman–Crippen MR) is 83.4 cm³/mol. The van der Waals surface area contributed by atoms with E-state index < -0.39 is 10.0 Å². The number of likely N-dealkylation sites (N-methyl/N-ethyl adjacent to an activating group) is 1. The molecule has 1 aromatic heterocycles. The van der Waals surface area contributed by atoms with Crippen LogP contribution in [0, 0.1) is 6.92 Å². The maximum Gasteiger partial charge on any atom is 0.242 e. The molecule has 2 aromatic rings. The van der Waals surface area contributed by atoms with E-state index in [1.165, 1.54) is 9.18 Å². The fraction of sp³-hybridized carbons (Fsp3) is 0.286. The molecule has 0 amide bonds. The first-order valence-corrected chi connectivity index (χ1v) is 8.58. The van der Waals surface area contributed by atoms with E-state index in [0.717, 1.165) is 12.0 Å². The van der Waals surface area contributed by atoms with Gasteiger partial charge in [-0.15, -0.1) is 11.3 Å². The summed E-state index contributed by atoms with van der Waals surface area (Å²) < 4.78 is 26.3. The van der Waals surface area contributed by atoms with Gasteiger partial charge in [-0.25, -0.2) is 12.7 Å². The van der Waals surface area contributed by atoms with Gasteiger partial charge in [0.05, 0.1) is 4.90 Å². The van der Waals surface area contributed by atoms with Crippen molar-refractivity contribution in [3.05, 3.63) is 46.2 Å². The van der Waals surface area contributed by atoms with Crippen molar-refractivity contribution in [1.82, 2.24) is 4.31 Å². The van der Waals surface area contributed by atoms with Crippen LogP contribution in [-0.2, 0) is 16.4 Å². The fourth-order valence-corrected chi connectivity index (χ4v) is 3.79. The SMILES string of the molecule is Cc1cc(S(=O)(=O)N(C)CCc2cccs2)ccc1N. The Morgan fingerprint density at radius 1 is 1.30 bits per heavy atom. The molecular weight excluding hydrogens is 292 g/mol. The predicted octanol–water partition coefficient (Wildman–Crippen LogP) is 2.50. The van der Waals surface area contributed by atoms with Crippen LogP contribution in [0.1, 0.15) is 10.4 Å². The molecule has 1 aromatic carbocycles. The Kier molecular flexibility index (Phi) is 4.47. The Bertz CT molecular complexity index is 679. The highest BCUT2D eigenvalue weighted by Crippen LogP contribution is 2.20. The minimum absolute atomic E-state index is 0.290. The van der Waals surface area contributed by atoms with Crippen molar-refractivity contribution in [3.63, 3.8) is 0 Å². The lowest BCUT2D eigenvalue weighted by Gasteiger charge is -2.17. The zero-order valence-corrected chi connectivity index (χ0v) is 13.2. The summed E-state index contributed by atoms with van der Waals surface area (Å²) in [5.41, 5.74) is 7.10. The molecule has 0 unspecified atom stereocenters. The Hall–Kier alpha value is -1.37. The van der Waals surface area contributed by atoms with Crippen molar-refractivity contribution < 1.29 is 8.42 Å². The van der Waals surface area contributed by atoms with Crippen LogP contribution in [0.25, 0.3) is 0 Å². The topological polar surface area (TPSA) is 63.4 Å². The van der Waals surface area contributed by atoms with Crippen LogP contribution >= 0.6 is 11.3 Å². The molecule has 20 heavy (non-hydrogen) atoms. The molecule has 0 saturated carbocycles. The standard InChI is InChI=1S/C14H18N2O2S2/c1-11-10-13(5-6-14(11)15)20(17,18)16(2)8-7-12-4-3-9-19-12/h3-6,9-10H,7-8,15H2,1-2H3. The lowest BCUT2D eigenvalue weighted by Crippen LogP contribution is -2.29. The third kappa shape index (κ3) is 3.20. The summed E-state index contributed by atoms with van der Waals surface area (Å²) in [6, 6.07) is 8.79. The molecule has 0 spiro atoms. The summed E-state index contributed by atoms with van der Waals surface area (Å²) in [5.74, 6) is 0. The maximum atomic E-state index is 12.4. The molecule has 0 aliphatic rings. The van der Waals surface area contributed by atoms with Crippen molar-refractivity contribution >= 4 is 27.0 Å². The van der Waals surface area contributed by atoms with E-state index in [4.69, 9.17) is 5.73 Å². The first-order valence-electron chi connectivity index (χ1n) is 6.26. The molecule has 1 heterocycles. The van der Waals surface area contributed by atoms with Crippen LogP contribution < -0.4 is 5.73 Å². The number of rotatable bonds is 5. The highest BCUT2D eigenvalue weighted by Gasteiger charge is 2.20. The fourth-order valence-electron chi connectivity index (χ4n) is 1.83. The summed E-state index contributed by atoms with van der Waals surface area (Å²) in [6.45, 7) is 2.27. The summed E-state index contributed by atoms with van der Waals surface area (Å²) in [5, 5.41) is 1.99. The van der Waals surface area contributed by atoms with Crippen molar-refractivity contribution in [1.29, 1.82) is 0 Å². The Morgan fingerprint density at radius 3 is 2.65 bits per heavy atom. The largest absolute Gasteiger partial charge is 0.399 e. The van der Waals surface area contributed by atoms with E-state index in [1.807, 2.05) is 17.5 Å². The van der Waals surface area contributed by atoms with Crippen LogP contribution in [0.5, 0.6) is 0 Å². The molecule has 2 N–H and O–H groups in total. The normalized spacial score (nSPS) is 11.9. The number of hydrogen-bond donors (Lipinski definition) is 1. The lowest BCUT2D eigenvalue weighted by atomic mass is 10.2. The maximum absolute atomic E-state index is 12.4. The van der Waals surface area contributed by atoms with E-state index in [0.29, 0.717) is 12.2 Å². The van der Waals surface area contributed by atoms with Gasteiger partial charge in [0, 0.05) is 24.2 Å². The molecule has 0 aliphatic heterocycles. The van der Waals surface area contributed by atoms with Gasteiger partial charge in [0.15, 0.2) is 0 Å². The molecule has 2 rings (SSSR count). The number of nitrogens with zero attached hydrogens (tertiary/aromatic N) is 1. The van der Waals surface area contributed by atoms with Gasteiger partial charge in [-0.3, -0.25) is 0 Å². The van der Waals surface area contributed by atoms with Gasteiger partial charge in [0.1, 0.15) is 0 Å². The Balaban J connectivity index is 2.14.